The van der Waals surface area contributed by atoms with Gasteiger partial charge in [-0.1, -0.05) is 13.8 Å². The van der Waals surface area contributed by atoms with Crippen LogP contribution in [0.5, 0.6) is 0 Å². The first kappa shape index (κ1) is 10.9. The molecule has 0 amide bonds. The van der Waals surface area contributed by atoms with Gasteiger partial charge in [0.2, 0.25) is 0 Å². The van der Waals surface area contributed by atoms with Gasteiger partial charge in [-0.25, -0.2) is 9.97 Å². The number of hydrogen-bond donors (Lipinski definition) is 2. The molecule has 0 radical (unpaired) electrons. The quantitative estimate of drug-likeness (QED) is 0.832. The van der Waals surface area contributed by atoms with E-state index in [9.17, 15) is 0 Å². The summed E-state index contributed by atoms with van der Waals surface area (Å²) in [5.41, 5.74) is 2.03. The molecule has 86 valence electrons. The zero-order valence-electron chi connectivity index (χ0n) is 10.3. The Morgan fingerprint density at radius 3 is 2.75 bits per heavy atom. The summed E-state index contributed by atoms with van der Waals surface area (Å²) in [5.74, 6) is 2.33. The summed E-state index contributed by atoms with van der Waals surface area (Å²) in [7, 11) is 0. The van der Waals surface area contributed by atoms with Crippen molar-refractivity contribution in [3.63, 3.8) is 0 Å². The summed E-state index contributed by atoms with van der Waals surface area (Å²) in [6.45, 7) is 9.23. The summed E-state index contributed by atoms with van der Waals surface area (Å²) < 4.78 is 0. The van der Waals surface area contributed by atoms with Crippen LogP contribution in [0.15, 0.2) is 6.07 Å². The highest BCUT2D eigenvalue weighted by Gasteiger charge is 2.08. The van der Waals surface area contributed by atoms with Crippen LogP contribution < -0.4 is 5.32 Å². The number of aromatic nitrogens is 3. The molecular weight excluding hydrogens is 200 g/mol. The number of anilines is 1. The highest BCUT2D eigenvalue weighted by atomic mass is 15.1. The van der Waals surface area contributed by atoms with Gasteiger partial charge in [0, 0.05) is 12.2 Å². The molecule has 2 N–H and O–H groups in total. The van der Waals surface area contributed by atoms with E-state index in [1.807, 2.05) is 13.8 Å². The first-order valence-corrected chi connectivity index (χ1v) is 5.64. The van der Waals surface area contributed by atoms with Crippen LogP contribution in [-0.4, -0.2) is 21.5 Å². The third-order valence-corrected chi connectivity index (χ3v) is 2.41. The van der Waals surface area contributed by atoms with Gasteiger partial charge in [0.05, 0.1) is 5.39 Å². The first-order valence-electron chi connectivity index (χ1n) is 5.64. The van der Waals surface area contributed by atoms with Gasteiger partial charge >= 0.3 is 0 Å². The number of nitrogens with zero attached hydrogens (tertiary/aromatic N) is 2. The van der Waals surface area contributed by atoms with Crippen LogP contribution in [0.1, 0.15) is 25.4 Å². The molecule has 0 aliphatic carbocycles. The van der Waals surface area contributed by atoms with Gasteiger partial charge in [-0.2, -0.15) is 0 Å². The second kappa shape index (κ2) is 4.12. The Kier molecular flexibility index (Phi) is 2.81. The number of H-pyrrole nitrogens is 1. The molecule has 0 spiro atoms. The molecule has 16 heavy (non-hydrogen) atoms. The first-order chi connectivity index (χ1) is 7.56. The molecule has 2 heterocycles. The molecule has 0 aliphatic heterocycles. The molecule has 0 saturated heterocycles. The standard InChI is InChI=1S/C12H18N4/c1-7(2)6-13-11-10-5-8(3)14-12(10)16-9(4)15-11/h5,7H,6H2,1-4H3,(H2,13,14,15,16). The summed E-state index contributed by atoms with van der Waals surface area (Å²) in [4.78, 5) is 12.1. The largest absolute Gasteiger partial charge is 0.369 e. The Hall–Kier alpha value is -1.58. The number of rotatable bonds is 3. The zero-order chi connectivity index (χ0) is 11.7. The van der Waals surface area contributed by atoms with Crippen LogP contribution >= 0.6 is 0 Å². The van der Waals surface area contributed by atoms with E-state index in [0.29, 0.717) is 5.92 Å². The van der Waals surface area contributed by atoms with Crippen molar-refractivity contribution >= 4 is 16.9 Å². The van der Waals surface area contributed by atoms with Crippen LogP contribution in [0.25, 0.3) is 11.0 Å². The highest BCUT2D eigenvalue weighted by molar-refractivity contribution is 5.87. The van der Waals surface area contributed by atoms with E-state index in [-0.39, 0.29) is 0 Å². The molecule has 2 rings (SSSR count). The average molecular weight is 218 g/mol. The molecule has 0 aromatic carbocycles. The van der Waals surface area contributed by atoms with E-state index in [1.165, 1.54) is 0 Å². The van der Waals surface area contributed by atoms with Crippen molar-refractivity contribution in [3.8, 4) is 0 Å². The Labute approximate surface area is 95.5 Å². The molecule has 0 bridgehead atoms. The summed E-state index contributed by atoms with van der Waals surface area (Å²) in [5, 5.41) is 4.44. The van der Waals surface area contributed by atoms with Crippen molar-refractivity contribution in [2.75, 3.05) is 11.9 Å². The van der Waals surface area contributed by atoms with Gasteiger partial charge in [-0.05, 0) is 25.8 Å². The van der Waals surface area contributed by atoms with Gasteiger partial charge in [-0.3, -0.25) is 0 Å². The maximum atomic E-state index is 4.44. The molecule has 0 aliphatic rings. The number of hydrogen-bond acceptors (Lipinski definition) is 3. The van der Waals surface area contributed by atoms with Crippen molar-refractivity contribution in [2.45, 2.75) is 27.7 Å². The summed E-state index contributed by atoms with van der Waals surface area (Å²) in [6.07, 6.45) is 0. The van der Waals surface area contributed by atoms with Gasteiger partial charge in [0.15, 0.2) is 0 Å². The minimum atomic E-state index is 0.602. The minimum Gasteiger partial charge on any atom is -0.369 e. The lowest BCUT2D eigenvalue weighted by molar-refractivity contribution is 0.687. The smallest absolute Gasteiger partial charge is 0.143 e. The average Bonchev–Trinajstić information content (AvgIpc) is 2.54. The normalized spacial score (nSPS) is 11.3. The Bertz CT molecular complexity index is 499. The van der Waals surface area contributed by atoms with Crippen molar-refractivity contribution in [1.82, 2.24) is 15.0 Å². The fourth-order valence-corrected chi connectivity index (χ4v) is 1.69. The SMILES string of the molecule is Cc1nc(NCC(C)C)c2cc(C)[nH]c2n1. The van der Waals surface area contributed by atoms with Crippen LogP contribution in [0, 0.1) is 19.8 Å². The van der Waals surface area contributed by atoms with Crippen molar-refractivity contribution < 1.29 is 0 Å². The minimum absolute atomic E-state index is 0.602. The van der Waals surface area contributed by atoms with Crippen molar-refractivity contribution in [2.24, 2.45) is 5.92 Å². The molecule has 2 aromatic heterocycles. The van der Waals surface area contributed by atoms with Crippen LogP contribution in [0.3, 0.4) is 0 Å². The lowest BCUT2D eigenvalue weighted by Crippen LogP contribution is -2.10. The number of aryl methyl sites for hydroxylation is 2. The molecule has 0 atom stereocenters. The Morgan fingerprint density at radius 2 is 2.06 bits per heavy atom. The van der Waals surface area contributed by atoms with E-state index in [2.05, 4.69) is 40.2 Å². The van der Waals surface area contributed by atoms with E-state index in [4.69, 9.17) is 0 Å². The second-order valence-electron chi connectivity index (χ2n) is 4.61. The predicted molar refractivity (Wildman–Crippen MR) is 66.7 cm³/mol. The summed E-state index contributed by atoms with van der Waals surface area (Å²) >= 11 is 0. The van der Waals surface area contributed by atoms with Crippen LogP contribution in [0.4, 0.5) is 5.82 Å². The molecule has 4 heteroatoms. The fraction of sp³-hybridized carbons (Fsp3) is 0.500. The maximum absolute atomic E-state index is 4.44. The fourth-order valence-electron chi connectivity index (χ4n) is 1.69. The third-order valence-electron chi connectivity index (χ3n) is 2.41. The Balaban J connectivity index is 2.41. The summed E-state index contributed by atoms with van der Waals surface area (Å²) in [6, 6.07) is 2.08. The Morgan fingerprint density at radius 1 is 1.31 bits per heavy atom. The molecule has 0 fully saturated rings. The number of nitrogens with one attached hydrogen (secondary N) is 2. The number of aromatic amines is 1. The van der Waals surface area contributed by atoms with Gasteiger partial charge in [-0.15, -0.1) is 0 Å². The van der Waals surface area contributed by atoms with Gasteiger partial charge < -0.3 is 10.3 Å². The number of fused-ring (bicyclic) bond motifs is 1. The zero-order valence-corrected chi connectivity index (χ0v) is 10.3. The monoisotopic (exact) mass is 218 g/mol. The van der Waals surface area contributed by atoms with Crippen LogP contribution in [-0.2, 0) is 0 Å². The molecule has 4 nitrogen and oxygen atoms in total. The highest BCUT2D eigenvalue weighted by Crippen LogP contribution is 2.21. The van der Waals surface area contributed by atoms with Crippen molar-refractivity contribution in [1.29, 1.82) is 0 Å². The van der Waals surface area contributed by atoms with Crippen molar-refractivity contribution in [3.05, 3.63) is 17.6 Å². The molecule has 0 unspecified atom stereocenters. The lowest BCUT2D eigenvalue weighted by Gasteiger charge is -2.09. The van der Waals surface area contributed by atoms with E-state index in [1.54, 1.807) is 0 Å². The predicted octanol–water partition coefficient (Wildman–Crippen LogP) is 2.64. The van der Waals surface area contributed by atoms with Crippen LogP contribution in [0.2, 0.25) is 0 Å². The molecular formula is C12H18N4. The van der Waals surface area contributed by atoms with E-state index >= 15 is 0 Å². The van der Waals surface area contributed by atoms with E-state index in [0.717, 1.165) is 34.9 Å². The second-order valence-corrected chi connectivity index (χ2v) is 4.61. The van der Waals surface area contributed by atoms with Gasteiger partial charge in [0.1, 0.15) is 17.3 Å². The lowest BCUT2D eigenvalue weighted by atomic mass is 10.2. The molecule has 0 saturated carbocycles. The third kappa shape index (κ3) is 2.15. The molecule has 2 aromatic rings. The maximum Gasteiger partial charge on any atom is 0.143 e. The van der Waals surface area contributed by atoms with E-state index < -0.39 is 0 Å². The van der Waals surface area contributed by atoms with Gasteiger partial charge in [0.25, 0.3) is 0 Å². The topological polar surface area (TPSA) is 53.6 Å².